The molecule has 6 heteroatoms. The van der Waals surface area contributed by atoms with Crippen molar-refractivity contribution in [2.45, 2.75) is 44.0 Å². The molecule has 0 atom stereocenters. The summed E-state index contributed by atoms with van der Waals surface area (Å²) >= 11 is 5.83. The Morgan fingerprint density at radius 3 is 2.32 bits per heavy atom. The molecule has 0 fully saturated rings. The highest BCUT2D eigenvalue weighted by Crippen LogP contribution is 2.23. The van der Waals surface area contributed by atoms with Crippen LogP contribution >= 0.6 is 11.6 Å². The summed E-state index contributed by atoms with van der Waals surface area (Å²) in [5.74, 6) is 0. The summed E-state index contributed by atoms with van der Waals surface area (Å²) < 4.78 is 27.4. The number of rotatable bonds is 6. The van der Waals surface area contributed by atoms with E-state index in [2.05, 4.69) is 4.72 Å². The Hall–Kier alpha value is -0.620. The van der Waals surface area contributed by atoms with Crippen molar-refractivity contribution < 1.29 is 13.5 Å². The Bertz CT molecular complexity index is 531. The number of hydrogen-bond acceptors (Lipinski definition) is 3. The van der Waals surface area contributed by atoms with Crippen molar-refractivity contribution in [3.8, 4) is 0 Å². The minimum atomic E-state index is -3.67. The van der Waals surface area contributed by atoms with Crippen molar-refractivity contribution in [2.75, 3.05) is 6.61 Å². The zero-order valence-electron chi connectivity index (χ0n) is 11.4. The smallest absolute Gasteiger partial charge is 0.241 e. The average Bonchev–Trinajstić information content (AvgIpc) is 2.35. The summed E-state index contributed by atoms with van der Waals surface area (Å²) in [5, 5.41) is 9.95. The van der Waals surface area contributed by atoms with Crippen LogP contribution in [0.25, 0.3) is 0 Å². The van der Waals surface area contributed by atoms with Gasteiger partial charge in [-0.3, -0.25) is 0 Å². The molecule has 0 aliphatic rings. The number of aliphatic hydroxyl groups excluding tert-OH is 1. The highest BCUT2D eigenvalue weighted by molar-refractivity contribution is 7.89. The molecule has 1 rings (SSSR count). The summed E-state index contributed by atoms with van der Waals surface area (Å²) in [4.78, 5) is 0.191. The van der Waals surface area contributed by atoms with E-state index in [1.54, 1.807) is 19.1 Å². The van der Waals surface area contributed by atoms with Crippen molar-refractivity contribution in [1.29, 1.82) is 0 Å². The molecule has 4 nitrogen and oxygen atoms in total. The Morgan fingerprint density at radius 1 is 1.32 bits per heavy atom. The molecule has 0 saturated heterocycles. The van der Waals surface area contributed by atoms with Gasteiger partial charge in [-0.2, -0.15) is 0 Å². The van der Waals surface area contributed by atoms with Gasteiger partial charge < -0.3 is 5.11 Å². The van der Waals surface area contributed by atoms with Gasteiger partial charge in [0.1, 0.15) is 0 Å². The summed E-state index contributed by atoms with van der Waals surface area (Å²) in [6, 6.07) is 4.63. The van der Waals surface area contributed by atoms with Crippen molar-refractivity contribution in [2.24, 2.45) is 0 Å². The normalized spacial score (nSPS) is 12.7. The van der Waals surface area contributed by atoms with Gasteiger partial charge in [0.25, 0.3) is 0 Å². The number of aliphatic hydroxyl groups is 1. The zero-order valence-corrected chi connectivity index (χ0v) is 13.0. The van der Waals surface area contributed by atoms with E-state index in [-0.39, 0.29) is 11.5 Å². The average molecular weight is 306 g/mol. The molecular weight excluding hydrogens is 286 g/mol. The van der Waals surface area contributed by atoms with Crippen LogP contribution in [0.15, 0.2) is 23.1 Å². The summed E-state index contributed by atoms with van der Waals surface area (Å²) in [5.41, 5.74) is -0.232. The first-order valence-corrected chi connectivity index (χ1v) is 8.07. The third kappa shape index (κ3) is 3.69. The van der Waals surface area contributed by atoms with Gasteiger partial charge in [0, 0.05) is 5.02 Å². The first kappa shape index (κ1) is 16.4. The van der Waals surface area contributed by atoms with E-state index < -0.39 is 15.6 Å². The molecule has 0 saturated carbocycles. The number of benzene rings is 1. The fourth-order valence-corrected chi connectivity index (χ4v) is 3.89. The summed E-state index contributed by atoms with van der Waals surface area (Å²) in [7, 11) is -3.67. The van der Waals surface area contributed by atoms with Gasteiger partial charge in [-0.15, -0.1) is 0 Å². The number of halogens is 1. The second-order valence-corrected chi connectivity index (χ2v) is 6.75. The van der Waals surface area contributed by atoms with E-state index in [0.29, 0.717) is 23.4 Å². The van der Waals surface area contributed by atoms with E-state index in [0.717, 1.165) is 0 Å². The molecule has 0 unspecified atom stereocenters. The maximum atomic E-state index is 12.4. The molecule has 0 bridgehead atoms. The van der Waals surface area contributed by atoms with Crippen LogP contribution in [0, 0.1) is 6.92 Å². The molecule has 0 radical (unpaired) electrons. The topological polar surface area (TPSA) is 66.4 Å². The van der Waals surface area contributed by atoms with Gasteiger partial charge in [0.2, 0.25) is 10.0 Å². The fraction of sp³-hybridized carbons (Fsp3) is 0.538. The lowest BCUT2D eigenvalue weighted by molar-refractivity contribution is 0.172. The van der Waals surface area contributed by atoms with Gasteiger partial charge in [0.05, 0.1) is 17.0 Å². The highest BCUT2D eigenvalue weighted by Gasteiger charge is 2.32. The third-order valence-electron chi connectivity index (χ3n) is 3.43. The quantitative estimate of drug-likeness (QED) is 0.848. The van der Waals surface area contributed by atoms with Crippen molar-refractivity contribution in [3.63, 3.8) is 0 Å². The van der Waals surface area contributed by atoms with Gasteiger partial charge in [-0.25, -0.2) is 13.1 Å². The predicted octanol–water partition coefficient (Wildman–Crippen LogP) is 2.48. The molecular formula is C13H20ClNO3S. The number of nitrogens with one attached hydrogen (secondary N) is 1. The number of hydrogen-bond donors (Lipinski definition) is 2. The second kappa shape index (κ2) is 6.22. The third-order valence-corrected chi connectivity index (χ3v) is 5.41. The lowest BCUT2D eigenvalue weighted by Gasteiger charge is -2.30. The molecule has 0 spiro atoms. The first-order chi connectivity index (χ1) is 8.80. The van der Waals surface area contributed by atoms with Crippen molar-refractivity contribution >= 4 is 21.6 Å². The fourth-order valence-electron chi connectivity index (χ4n) is 1.90. The monoisotopic (exact) mass is 305 g/mol. The Balaban J connectivity index is 3.17. The van der Waals surface area contributed by atoms with E-state index >= 15 is 0 Å². The maximum Gasteiger partial charge on any atom is 0.241 e. The minimum Gasteiger partial charge on any atom is -0.394 e. The van der Waals surface area contributed by atoms with Crippen LogP contribution in [0.1, 0.15) is 32.3 Å². The molecule has 1 aromatic carbocycles. The van der Waals surface area contributed by atoms with Crippen LogP contribution in [0.4, 0.5) is 0 Å². The van der Waals surface area contributed by atoms with E-state index in [1.807, 2.05) is 13.8 Å². The number of aryl methyl sites for hydroxylation is 1. The van der Waals surface area contributed by atoms with Gasteiger partial charge in [0.15, 0.2) is 0 Å². The molecule has 0 aliphatic heterocycles. The van der Waals surface area contributed by atoms with Gasteiger partial charge in [-0.1, -0.05) is 25.4 Å². The molecule has 0 amide bonds. The van der Waals surface area contributed by atoms with Crippen LogP contribution in [0.2, 0.25) is 5.02 Å². The molecule has 1 aromatic rings. The minimum absolute atomic E-state index is 0.191. The molecule has 19 heavy (non-hydrogen) atoms. The van der Waals surface area contributed by atoms with Gasteiger partial charge in [-0.05, 0) is 43.5 Å². The summed E-state index contributed by atoms with van der Waals surface area (Å²) in [6.45, 7) is 5.15. The van der Waals surface area contributed by atoms with Crippen molar-refractivity contribution in [3.05, 3.63) is 28.8 Å². The highest BCUT2D eigenvalue weighted by atomic mass is 35.5. The number of sulfonamides is 1. The van der Waals surface area contributed by atoms with E-state index in [1.165, 1.54) is 6.07 Å². The zero-order chi connectivity index (χ0) is 14.7. The maximum absolute atomic E-state index is 12.4. The second-order valence-electron chi connectivity index (χ2n) is 4.66. The first-order valence-electron chi connectivity index (χ1n) is 6.21. The lowest BCUT2D eigenvalue weighted by atomic mass is 9.96. The van der Waals surface area contributed by atoms with Crippen LogP contribution in [-0.2, 0) is 10.0 Å². The Labute approximate surface area is 119 Å². The predicted molar refractivity (Wildman–Crippen MR) is 76.9 cm³/mol. The van der Waals surface area contributed by atoms with Crippen LogP contribution < -0.4 is 4.72 Å². The standard InChI is InChI=1S/C13H20ClNO3S/c1-4-13(5-2,9-16)15-19(17,18)12-7-6-11(14)8-10(12)3/h6-8,15-16H,4-5,9H2,1-3H3. The molecule has 108 valence electrons. The van der Waals surface area contributed by atoms with Crippen LogP contribution in [-0.4, -0.2) is 25.7 Å². The van der Waals surface area contributed by atoms with Crippen LogP contribution in [0.3, 0.4) is 0 Å². The molecule has 2 N–H and O–H groups in total. The largest absolute Gasteiger partial charge is 0.394 e. The Morgan fingerprint density at radius 2 is 1.89 bits per heavy atom. The SMILES string of the molecule is CCC(CC)(CO)NS(=O)(=O)c1ccc(Cl)cc1C. The lowest BCUT2D eigenvalue weighted by Crippen LogP contribution is -2.50. The summed E-state index contributed by atoms with van der Waals surface area (Å²) in [6.07, 6.45) is 1.04. The Kier molecular flexibility index (Phi) is 5.38. The van der Waals surface area contributed by atoms with Crippen molar-refractivity contribution in [1.82, 2.24) is 4.72 Å². The van der Waals surface area contributed by atoms with E-state index in [9.17, 15) is 13.5 Å². The molecule has 0 aromatic heterocycles. The van der Waals surface area contributed by atoms with E-state index in [4.69, 9.17) is 11.6 Å². The molecule has 0 heterocycles. The molecule has 0 aliphatic carbocycles. The van der Waals surface area contributed by atoms with Crippen LogP contribution in [0.5, 0.6) is 0 Å². The van der Waals surface area contributed by atoms with Gasteiger partial charge >= 0.3 is 0 Å².